The van der Waals surface area contributed by atoms with Crippen LogP contribution in [0.25, 0.3) is 0 Å². The van der Waals surface area contributed by atoms with Gasteiger partial charge in [0, 0.05) is 53.8 Å². The van der Waals surface area contributed by atoms with Crippen LogP contribution in [0.1, 0.15) is 81.0 Å². The van der Waals surface area contributed by atoms with Gasteiger partial charge in [-0.25, -0.2) is 0 Å². The average molecular weight is 711 g/mol. The van der Waals surface area contributed by atoms with Crippen molar-refractivity contribution in [2.24, 2.45) is 0 Å². The number of amides is 3. The van der Waals surface area contributed by atoms with E-state index < -0.39 is 6.29 Å². The van der Waals surface area contributed by atoms with Crippen molar-refractivity contribution < 1.29 is 29.0 Å². The van der Waals surface area contributed by atoms with Crippen LogP contribution in [0.4, 0.5) is 22.7 Å². The van der Waals surface area contributed by atoms with E-state index in [1.54, 1.807) is 23.9 Å². The number of ether oxygens (including phenoxy) is 2. The van der Waals surface area contributed by atoms with E-state index in [2.05, 4.69) is 16.0 Å². The summed E-state index contributed by atoms with van der Waals surface area (Å²) in [4.78, 5) is 37.3. The third-order valence-corrected chi connectivity index (χ3v) is 9.63. The molecular weight excluding hydrogens is 665 g/mol. The highest BCUT2D eigenvalue weighted by atomic mass is 32.2. The van der Waals surface area contributed by atoms with Crippen molar-refractivity contribution in [1.29, 1.82) is 0 Å². The molecule has 11 heteroatoms. The number of aliphatic hydroxyl groups is 1. The number of aliphatic hydroxyl groups excluding tert-OH is 1. The zero-order valence-electron chi connectivity index (χ0n) is 28.8. The molecule has 4 aromatic carbocycles. The fourth-order valence-corrected chi connectivity index (χ4v) is 6.67. The Morgan fingerprint density at radius 1 is 0.745 bits per heavy atom. The van der Waals surface area contributed by atoms with Gasteiger partial charge < -0.3 is 36.3 Å². The number of unbranched alkanes of at least 4 members (excludes halogenated alkanes) is 3. The summed E-state index contributed by atoms with van der Waals surface area (Å²) in [5.41, 5.74) is 11.2. The zero-order chi connectivity index (χ0) is 36.0. The van der Waals surface area contributed by atoms with Crippen LogP contribution in [-0.4, -0.2) is 34.7 Å². The van der Waals surface area contributed by atoms with Crippen molar-refractivity contribution in [1.82, 2.24) is 0 Å². The maximum absolute atomic E-state index is 12.6. The third-order valence-electron chi connectivity index (χ3n) is 8.48. The van der Waals surface area contributed by atoms with Gasteiger partial charge in [-0.1, -0.05) is 61.4 Å². The third kappa shape index (κ3) is 12.0. The van der Waals surface area contributed by atoms with Gasteiger partial charge in [0.25, 0.3) is 0 Å². The summed E-state index contributed by atoms with van der Waals surface area (Å²) >= 11 is 1.68. The molecule has 0 saturated carbocycles. The number of hydrogen-bond acceptors (Lipinski definition) is 8. The number of para-hydroxylation sites is 2. The SMILES string of the molecule is CC(=O)Nc1ccc(SCC2CC(c3ccc(CO)cc3)OC(c3ccc(NC(=O)CCCCCCC(=O)Nc4ccccc4N)cc3)O2)cc1. The molecule has 6 N–H and O–H groups in total. The van der Waals surface area contributed by atoms with Crippen LogP contribution < -0.4 is 21.7 Å². The summed E-state index contributed by atoms with van der Waals surface area (Å²) in [6.45, 7) is 1.47. The molecule has 0 radical (unpaired) electrons. The van der Waals surface area contributed by atoms with Crippen LogP contribution in [0.5, 0.6) is 0 Å². The highest BCUT2D eigenvalue weighted by molar-refractivity contribution is 7.99. The highest BCUT2D eigenvalue weighted by Crippen LogP contribution is 2.39. The number of nitrogens with one attached hydrogen (secondary N) is 3. The molecule has 4 aromatic rings. The van der Waals surface area contributed by atoms with Gasteiger partial charge in [-0.2, -0.15) is 0 Å². The number of hydrogen-bond donors (Lipinski definition) is 5. The number of carbonyl (C=O) groups excluding carboxylic acids is 3. The minimum Gasteiger partial charge on any atom is -0.397 e. The van der Waals surface area contributed by atoms with Crippen LogP contribution >= 0.6 is 11.8 Å². The Labute approximate surface area is 303 Å². The Balaban J connectivity index is 1.10. The van der Waals surface area contributed by atoms with Gasteiger partial charge in [-0.15, -0.1) is 11.8 Å². The molecule has 1 saturated heterocycles. The van der Waals surface area contributed by atoms with E-state index in [4.69, 9.17) is 15.2 Å². The molecule has 0 bridgehead atoms. The first-order valence-corrected chi connectivity index (χ1v) is 18.3. The van der Waals surface area contributed by atoms with Gasteiger partial charge in [0.05, 0.1) is 30.2 Å². The van der Waals surface area contributed by atoms with Gasteiger partial charge >= 0.3 is 0 Å². The number of rotatable bonds is 16. The van der Waals surface area contributed by atoms with E-state index in [0.717, 1.165) is 53.0 Å². The predicted molar refractivity (Wildman–Crippen MR) is 202 cm³/mol. The second-order valence-corrected chi connectivity index (χ2v) is 13.7. The minimum atomic E-state index is -0.606. The Kier molecular flexibility index (Phi) is 14.1. The number of nitrogen functional groups attached to an aromatic ring is 1. The molecule has 3 amide bonds. The van der Waals surface area contributed by atoms with Crippen molar-refractivity contribution >= 4 is 52.2 Å². The van der Waals surface area contributed by atoms with Crippen molar-refractivity contribution in [2.75, 3.05) is 27.4 Å². The van der Waals surface area contributed by atoms with E-state index in [-0.39, 0.29) is 36.5 Å². The first-order chi connectivity index (χ1) is 24.7. The van der Waals surface area contributed by atoms with Crippen molar-refractivity contribution in [3.8, 4) is 0 Å². The zero-order valence-corrected chi connectivity index (χ0v) is 29.6. The molecule has 1 fully saturated rings. The van der Waals surface area contributed by atoms with Crippen LogP contribution in [0, 0.1) is 0 Å². The summed E-state index contributed by atoms with van der Waals surface area (Å²) in [5, 5.41) is 18.1. The Morgan fingerprint density at radius 2 is 1.35 bits per heavy atom. The number of carbonyl (C=O) groups is 3. The molecule has 1 aliphatic rings. The molecule has 1 aliphatic heterocycles. The van der Waals surface area contributed by atoms with Crippen molar-refractivity contribution in [3.05, 3.63) is 114 Å². The molecule has 3 unspecified atom stereocenters. The Bertz CT molecular complexity index is 1730. The fraction of sp³-hybridized carbons (Fsp3) is 0.325. The molecule has 0 aromatic heterocycles. The van der Waals surface area contributed by atoms with Gasteiger partial charge in [-0.3, -0.25) is 14.4 Å². The maximum atomic E-state index is 12.6. The van der Waals surface area contributed by atoms with Crippen LogP contribution in [0.3, 0.4) is 0 Å². The summed E-state index contributed by atoms with van der Waals surface area (Å²) < 4.78 is 12.9. The lowest BCUT2D eigenvalue weighted by Crippen LogP contribution is -2.31. The molecule has 3 atom stereocenters. The lowest BCUT2D eigenvalue weighted by Gasteiger charge is -2.36. The minimum absolute atomic E-state index is 0.0212. The molecular formula is C40H46N4O6S. The molecule has 1 heterocycles. The van der Waals surface area contributed by atoms with E-state index in [0.29, 0.717) is 42.1 Å². The van der Waals surface area contributed by atoms with E-state index in [1.165, 1.54) is 6.92 Å². The second-order valence-electron chi connectivity index (χ2n) is 12.6. The smallest absolute Gasteiger partial charge is 0.224 e. The molecule has 51 heavy (non-hydrogen) atoms. The summed E-state index contributed by atoms with van der Waals surface area (Å²) in [5.74, 6) is 0.475. The summed E-state index contributed by atoms with van der Waals surface area (Å²) in [6, 6.07) is 30.3. The molecule has 268 valence electrons. The maximum Gasteiger partial charge on any atom is 0.224 e. The topological polar surface area (TPSA) is 152 Å². The number of benzene rings is 4. The van der Waals surface area contributed by atoms with Gasteiger partial charge in [-0.05, 0) is 72.5 Å². The lowest BCUT2D eigenvalue weighted by molar-refractivity contribution is -0.245. The normalized spacial score (nSPS) is 17.0. The molecule has 10 nitrogen and oxygen atoms in total. The summed E-state index contributed by atoms with van der Waals surface area (Å²) in [6.07, 6.45) is 3.74. The van der Waals surface area contributed by atoms with Gasteiger partial charge in [0.15, 0.2) is 6.29 Å². The first-order valence-electron chi connectivity index (χ1n) is 17.3. The molecule has 0 spiro atoms. The molecule has 0 aliphatic carbocycles. The number of anilines is 4. The number of nitrogens with two attached hydrogens (primary N) is 1. The predicted octanol–water partition coefficient (Wildman–Crippen LogP) is 7.98. The van der Waals surface area contributed by atoms with Crippen molar-refractivity contribution in [3.63, 3.8) is 0 Å². The molecule has 5 rings (SSSR count). The van der Waals surface area contributed by atoms with Crippen LogP contribution in [0.2, 0.25) is 0 Å². The monoisotopic (exact) mass is 710 g/mol. The second kappa shape index (κ2) is 19.1. The lowest BCUT2D eigenvalue weighted by atomic mass is 10.0. The van der Waals surface area contributed by atoms with Gasteiger partial charge in [0.2, 0.25) is 17.7 Å². The largest absolute Gasteiger partial charge is 0.397 e. The standard InChI is InChI=1S/C40H46N4O6S/c1-27(46)42-31-20-22-34(23-21-31)51-26-33-24-37(29-14-12-28(25-45)13-15-29)50-40(49-33)30-16-18-32(19-17-30)43-38(47)10-4-2-3-5-11-39(48)44-36-9-7-6-8-35(36)41/h6-9,12-23,33,37,40,45H,2-5,10-11,24-26,41H2,1H3,(H,42,46)(H,43,47)(H,44,48). The van der Waals surface area contributed by atoms with E-state index in [9.17, 15) is 19.5 Å². The fourth-order valence-electron chi connectivity index (χ4n) is 5.74. The summed E-state index contributed by atoms with van der Waals surface area (Å²) in [7, 11) is 0. The highest BCUT2D eigenvalue weighted by Gasteiger charge is 2.32. The first kappa shape index (κ1) is 37.6. The van der Waals surface area contributed by atoms with E-state index >= 15 is 0 Å². The Morgan fingerprint density at radius 3 is 2.00 bits per heavy atom. The van der Waals surface area contributed by atoms with E-state index in [1.807, 2.05) is 84.9 Å². The van der Waals surface area contributed by atoms with Crippen LogP contribution in [-0.2, 0) is 30.5 Å². The average Bonchev–Trinajstić information content (AvgIpc) is 3.13. The van der Waals surface area contributed by atoms with Crippen LogP contribution in [0.15, 0.2) is 102 Å². The van der Waals surface area contributed by atoms with Crippen molar-refractivity contribution in [2.45, 2.75) is 81.9 Å². The quantitative estimate of drug-likeness (QED) is 0.0446. The number of thioether (sulfide) groups is 1. The Hall–Kier alpha value is -4.68. The van der Waals surface area contributed by atoms with Gasteiger partial charge in [0.1, 0.15) is 0 Å².